The monoisotopic (exact) mass is 180 g/mol. The van der Waals surface area contributed by atoms with Crippen LogP contribution in [0.15, 0.2) is 12.2 Å². The molecule has 0 saturated heterocycles. The summed E-state index contributed by atoms with van der Waals surface area (Å²) in [6.07, 6.45) is 3.18. The maximum absolute atomic E-state index is 11.8. The van der Waals surface area contributed by atoms with Crippen LogP contribution >= 0.6 is 0 Å². The molecule has 2 atom stereocenters. The average molecular weight is 180 g/mol. The van der Waals surface area contributed by atoms with Gasteiger partial charge in [-0.3, -0.25) is 4.79 Å². The second-order valence-electron chi connectivity index (χ2n) is 4.63. The fourth-order valence-electron chi connectivity index (χ4n) is 2.06. The van der Waals surface area contributed by atoms with Gasteiger partial charge < -0.3 is 0 Å². The van der Waals surface area contributed by atoms with Gasteiger partial charge in [0.15, 0.2) is 0 Å². The van der Waals surface area contributed by atoms with Gasteiger partial charge in [0.1, 0.15) is 5.78 Å². The molecule has 0 aromatic carbocycles. The van der Waals surface area contributed by atoms with Crippen LogP contribution in [0.25, 0.3) is 0 Å². The van der Waals surface area contributed by atoms with Crippen molar-refractivity contribution < 1.29 is 4.79 Å². The van der Waals surface area contributed by atoms with Gasteiger partial charge in [0.2, 0.25) is 0 Å². The van der Waals surface area contributed by atoms with Gasteiger partial charge in [-0.05, 0) is 25.2 Å². The van der Waals surface area contributed by atoms with Crippen molar-refractivity contribution in [1.29, 1.82) is 0 Å². The molecule has 0 aromatic heterocycles. The quantitative estimate of drug-likeness (QED) is 0.596. The first-order chi connectivity index (χ1) is 6.02. The lowest BCUT2D eigenvalue weighted by Crippen LogP contribution is -2.29. The van der Waals surface area contributed by atoms with Crippen molar-refractivity contribution in [3.8, 4) is 0 Å². The van der Waals surface area contributed by atoms with Gasteiger partial charge >= 0.3 is 0 Å². The van der Waals surface area contributed by atoms with Gasteiger partial charge in [-0.15, -0.1) is 0 Å². The third-order valence-corrected chi connectivity index (χ3v) is 3.08. The Morgan fingerprint density at radius 3 is 2.69 bits per heavy atom. The lowest BCUT2D eigenvalue weighted by molar-refractivity contribution is -0.127. The molecule has 74 valence electrons. The summed E-state index contributed by atoms with van der Waals surface area (Å²) in [5.74, 6) is 1.41. The minimum Gasteiger partial charge on any atom is -0.299 e. The van der Waals surface area contributed by atoms with E-state index in [1.54, 1.807) is 0 Å². The van der Waals surface area contributed by atoms with Crippen LogP contribution in [0, 0.1) is 17.8 Å². The SMILES string of the molecule is C=C1CCC(C)C(C(=O)C(C)C)C1. The minimum absolute atomic E-state index is 0.179. The van der Waals surface area contributed by atoms with Crippen LogP contribution in [-0.4, -0.2) is 5.78 Å². The number of hydrogen-bond donors (Lipinski definition) is 0. The Morgan fingerprint density at radius 2 is 2.15 bits per heavy atom. The second-order valence-corrected chi connectivity index (χ2v) is 4.63. The van der Waals surface area contributed by atoms with Crippen molar-refractivity contribution >= 4 is 5.78 Å². The van der Waals surface area contributed by atoms with E-state index >= 15 is 0 Å². The molecular formula is C12H20O. The van der Waals surface area contributed by atoms with E-state index in [-0.39, 0.29) is 11.8 Å². The predicted octanol–water partition coefficient (Wildman–Crippen LogP) is 3.20. The molecule has 2 unspecified atom stereocenters. The van der Waals surface area contributed by atoms with E-state index in [0.29, 0.717) is 11.7 Å². The van der Waals surface area contributed by atoms with Crippen molar-refractivity contribution in [2.24, 2.45) is 17.8 Å². The van der Waals surface area contributed by atoms with Gasteiger partial charge in [-0.25, -0.2) is 0 Å². The number of rotatable bonds is 2. The Balaban J connectivity index is 2.65. The molecule has 1 aliphatic carbocycles. The van der Waals surface area contributed by atoms with E-state index in [4.69, 9.17) is 0 Å². The smallest absolute Gasteiger partial charge is 0.139 e. The summed E-state index contributed by atoms with van der Waals surface area (Å²) in [5.41, 5.74) is 1.26. The molecule has 0 N–H and O–H groups in total. The zero-order chi connectivity index (χ0) is 10.0. The zero-order valence-corrected chi connectivity index (χ0v) is 8.97. The number of Topliss-reactive ketones (excluding diaryl/α,β-unsaturated/α-hetero) is 1. The fraction of sp³-hybridized carbons (Fsp3) is 0.750. The molecule has 0 amide bonds. The van der Waals surface area contributed by atoms with Crippen molar-refractivity contribution in [1.82, 2.24) is 0 Å². The summed E-state index contributed by atoms with van der Waals surface area (Å²) >= 11 is 0. The molecule has 1 fully saturated rings. The first-order valence-electron chi connectivity index (χ1n) is 5.22. The van der Waals surface area contributed by atoms with Gasteiger partial charge in [-0.1, -0.05) is 32.9 Å². The zero-order valence-electron chi connectivity index (χ0n) is 8.97. The summed E-state index contributed by atoms with van der Waals surface area (Å²) in [6, 6.07) is 0. The summed E-state index contributed by atoms with van der Waals surface area (Å²) in [5, 5.41) is 0. The largest absolute Gasteiger partial charge is 0.299 e. The third-order valence-electron chi connectivity index (χ3n) is 3.08. The van der Waals surface area contributed by atoms with Crippen molar-refractivity contribution in [2.75, 3.05) is 0 Å². The molecular weight excluding hydrogens is 160 g/mol. The number of allylic oxidation sites excluding steroid dienone is 1. The lowest BCUT2D eigenvalue weighted by Gasteiger charge is -2.30. The van der Waals surface area contributed by atoms with E-state index in [2.05, 4.69) is 13.5 Å². The average Bonchev–Trinajstić information content (AvgIpc) is 2.08. The second kappa shape index (κ2) is 4.08. The van der Waals surface area contributed by atoms with E-state index in [1.165, 1.54) is 5.57 Å². The summed E-state index contributed by atoms with van der Waals surface area (Å²) in [7, 11) is 0. The van der Waals surface area contributed by atoms with Crippen LogP contribution in [0.2, 0.25) is 0 Å². The Labute approximate surface area is 81.2 Å². The van der Waals surface area contributed by atoms with Crippen molar-refractivity contribution in [2.45, 2.75) is 40.0 Å². The maximum atomic E-state index is 11.8. The van der Waals surface area contributed by atoms with E-state index < -0.39 is 0 Å². The fourth-order valence-corrected chi connectivity index (χ4v) is 2.06. The highest BCUT2D eigenvalue weighted by Crippen LogP contribution is 2.34. The number of carbonyl (C=O) groups excluding carboxylic acids is 1. The van der Waals surface area contributed by atoms with Crippen LogP contribution in [0.5, 0.6) is 0 Å². The predicted molar refractivity (Wildman–Crippen MR) is 55.5 cm³/mol. The molecule has 0 heterocycles. The van der Waals surface area contributed by atoms with Crippen molar-refractivity contribution in [3.05, 3.63) is 12.2 Å². The molecule has 0 aliphatic heterocycles. The highest BCUT2D eigenvalue weighted by atomic mass is 16.1. The Kier molecular flexibility index (Phi) is 3.29. The molecule has 1 heteroatoms. The molecule has 0 bridgehead atoms. The Bertz CT molecular complexity index is 215. The lowest BCUT2D eigenvalue weighted by atomic mass is 9.74. The van der Waals surface area contributed by atoms with Gasteiger partial charge in [-0.2, -0.15) is 0 Å². The summed E-state index contributed by atoms with van der Waals surface area (Å²) in [6.45, 7) is 10.2. The third kappa shape index (κ3) is 2.43. The topological polar surface area (TPSA) is 17.1 Å². The minimum atomic E-state index is 0.179. The van der Waals surface area contributed by atoms with Crippen LogP contribution < -0.4 is 0 Å². The standard InChI is InChI=1S/C12H20O/c1-8(2)12(13)11-7-9(3)5-6-10(11)4/h8,10-11H,3,5-7H2,1-2,4H3. The Hall–Kier alpha value is -0.590. The molecule has 1 aliphatic rings. The van der Waals surface area contributed by atoms with Crippen LogP contribution in [-0.2, 0) is 4.79 Å². The molecule has 0 radical (unpaired) electrons. The highest BCUT2D eigenvalue weighted by Gasteiger charge is 2.30. The Morgan fingerprint density at radius 1 is 1.54 bits per heavy atom. The number of carbonyl (C=O) groups is 1. The molecule has 1 rings (SSSR count). The van der Waals surface area contributed by atoms with Gasteiger partial charge in [0, 0.05) is 11.8 Å². The molecule has 1 nitrogen and oxygen atoms in total. The molecule has 1 saturated carbocycles. The number of ketones is 1. The summed E-state index contributed by atoms with van der Waals surface area (Å²) < 4.78 is 0. The molecule has 0 spiro atoms. The van der Waals surface area contributed by atoms with E-state index in [9.17, 15) is 4.79 Å². The first-order valence-corrected chi connectivity index (χ1v) is 5.22. The van der Waals surface area contributed by atoms with E-state index in [1.807, 2.05) is 13.8 Å². The van der Waals surface area contributed by atoms with E-state index in [0.717, 1.165) is 19.3 Å². The van der Waals surface area contributed by atoms with Crippen LogP contribution in [0.1, 0.15) is 40.0 Å². The van der Waals surface area contributed by atoms with Crippen LogP contribution in [0.4, 0.5) is 0 Å². The van der Waals surface area contributed by atoms with Crippen molar-refractivity contribution in [3.63, 3.8) is 0 Å². The number of hydrogen-bond acceptors (Lipinski definition) is 1. The van der Waals surface area contributed by atoms with Crippen LogP contribution in [0.3, 0.4) is 0 Å². The maximum Gasteiger partial charge on any atom is 0.139 e. The highest BCUT2D eigenvalue weighted by molar-refractivity contribution is 5.83. The molecule has 13 heavy (non-hydrogen) atoms. The summed E-state index contributed by atoms with van der Waals surface area (Å²) in [4.78, 5) is 11.8. The molecule has 0 aromatic rings. The normalized spacial score (nSPS) is 29.4. The van der Waals surface area contributed by atoms with Gasteiger partial charge in [0.05, 0.1) is 0 Å². The van der Waals surface area contributed by atoms with Gasteiger partial charge in [0.25, 0.3) is 0 Å². The first kappa shape index (κ1) is 10.5.